The van der Waals surface area contributed by atoms with Gasteiger partial charge < -0.3 is 30.9 Å². The largest absolute Gasteiger partial charge is 0.573 e. The Morgan fingerprint density at radius 2 is 1.70 bits per heavy atom. The number of aromatic nitrogens is 1. The van der Waals surface area contributed by atoms with E-state index in [-0.39, 0.29) is 19.1 Å². The molecule has 40 heavy (non-hydrogen) atoms. The molecule has 0 saturated carbocycles. The number of para-hydroxylation sites is 1. The number of alkyl halides is 6. The number of ether oxygens (including phenoxy) is 1. The van der Waals surface area contributed by atoms with Crippen LogP contribution in [-0.4, -0.2) is 56.8 Å². The Labute approximate surface area is 221 Å². The van der Waals surface area contributed by atoms with Crippen molar-refractivity contribution in [1.29, 1.82) is 0 Å². The van der Waals surface area contributed by atoms with E-state index in [9.17, 15) is 44.3 Å². The zero-order chi connectivity index (χ0) is 30.7. The van der Waals surface area contributed by atoms with Crippen molar-refractivity contribution >= 4 is 33.9 Å². The van der Waals surface area contributed by atoms with Crippen LogP contribution in [0.5, 0.6) is 5.75 Å². The van der Waals surface area contributed by atoms with E-state index in [1.165, 1.54) is 19.1 Å². The topological polar surface area (TPSA) is 197 Å². The van der Waals surface area contributed by atoms with E-state index >= 15 is 0 Å². The molecule has 6 N–H and O–H groups in total. The van der Waals surface area contributed by atoms with Crippen LogP contribution in [0.1, 0.15) is 5.69 Å². The van der Waals surface area contributed by atoms with E-state index < -0.39 is 63.2 Å². The normalized spacial score (nSPS) is 11.4. The second-order valence-electron chi connectivity index (χ2n) is 7.24. The van der Waals surface area contributed by atoms with Crippen LogP contribution in [0.25, 0.3) is 0 Å². The molecule has 0 unspecified atom stereocenters. The minimum Gasteiger partial charge on any atom is -0.404 e. The SMILES string of the molecule is Cc1ccc(NS(=O)(=O)c2ccccc2OC(F)(F)F)c(=O)n1CC(=O)NCCON=C(N)N.O=CC(F)(F)F. The van der Waals surface area contributed by atoms with Gasteiger partial charge in [0.2, 0.25) is 18.2 Å². The molecule has 222 valence electrons. The number of guanidine groups is 1. The van der Waals surface area contributed by atoms with Crippen LogP contribution in [0.3, 0.4) is 0 Å². The van der Waals surface area contributed by atoms with Crippen molar-refractivity contribution in [1.82, 2.24) is 9.88 Å². The number of halogens is 6. The maximum Gasteiger partial charge on any atom is 0.573 e. The average Bonchev–Trinajstić information content (AvgIpc) is 2.82. The number of sulfonamides is 1. The first kappa shape index (κ1) is 33.5. The number of hydrogen-bond acceptors (Lipinski definition) is 8. The Balaban J connectivity index is 0.00000120. The summed E-state index contributed by atoms with van der Waals surface area (Å²) in [5.74, 6) is -1.89. The highest BCUT2D eigenvalue weighted by Crippen LogP contribution is 2.30. The fourth-order valence-electron chi connectivity index (χ4n) is 2.58. The molecule has 0 atom stereocenters. The van der Waals surface area contributed by atoms with Gasteiger partial charge in [0.1, 0.15) is 29.5 Å². The van der Waals surface area contributed by atoms with Crippen molar-refractivity contribution < 1.29 is 53.9 Å². The van der Waals surface area contributed by atoms with Crippen molar-refractivity contribution in [3.05, 3.63) is 52.4 Å². The van der Waals surface area contributed by atoms with Gasteiger partial charge in [-0.15, -0.1) is 13.2 Å². The number of aldehydes is 1. The van der Waals surface area contributed by atoms with Crippen LogP contribution in [0.4, 0.5) is 32.0 Å². The number of oxime groups is 1. The van der Waals surface area contributed by atoms with Gasteiger partial charge in [-0.25, -0.2) is 8.42 Å². The van der Waals surface area contributed by atoms with Crippen molar-refractivity contribution in [2.45, 2.75) is 30.9 Å². The number of benzene rings is 1. The Kier molecular flexibility index (Phi) is 11.8. The van der Waals surface area contributed by atoms with E-state index in [0.29, 0.717) is 5.69 Å². The molecule has 1 aromatic heterocycles. The van der Waals surface area contributed by atoms with Crippen LogP contribution in [0.2, 0.25) is 0 Å². The summed E-state index contributed by atoms with van der Waals surface area (Å²) in [7, 11) is -4.66. The third kappa shape index (κ3) is 11.9. The number of pyridine rings is 1. The molecule has 0 radical (unpaired) electrons. The average molecular weight is 604 g/mol. The third-order valence-corrected chi connectivity index (χ3v) is 5.53. The van der Waals surface area contributed by atoms with Crippen molar-refractivity contribution in [2.24, 2.45) is 16.6 Å². The highest BCUT2D eigenvalue weighted by Gasteiger charge is 2.34. The fourth-order valence-corrected chi connectivity index (χ4v) is 3.77. The van der Waals surface area contributed by atoms with Gasteiger partial charge in [-0.3, -0.25) is 19.1 Å². The highest BCUT2D eigenvalue weighted by atomic mass is 32.2. The number of nitrogens with zero attached hydrogens (tertiary/aromatic N) is 2. The van der Waals surface area contributed by atoms with E-state index in [1.54, 1.807) is 0 Å². The molecule has 0 saturated heterocycles. The zero-order valence-corrected chi connectivity index (χ0v) is 21.1. The number of carbonyl (C=O) groups excluding carboxylic acids is 2. The number of anilines is 1. The standard InChI is InChI=1S/C18H21F3N6O6S.C2HF3O/c1-11-6-7-12(16(29)27(11)10-15(28)24-8-9-32-25-17(22)23)26-34(30,31)14-5-3-2-4-13(14)33-18(19,20)21;3-2(4,5)1-6/h2-7,26H,8-10H2,1H3,(H,24,28)(H4,22,23,25);1H. The first-order chi connectivity index (χ1) is 18.4. The van der Waals surface area contributed by atoms with E-state index in [0.717, 1.165) is 28.8 Å². The van der Waals surface area contributed by atoms with Gasteiger partial charge in [-0.1, -0.05) is 12.1 Å². The number of amides is 1. The molecule has 0 aliphatic carbocycles. The Hall–Kier alpha value is -4.49. The van der Waals surface area contributed by atoms with Crippen molar-refractivity contribution in [3.63, 3.8) is 0 Å². The van der Waals surface area contributed by atoms with E-state index in [2.05, 4.69) is 15.2 Å². The van der Waals surface area contributed by atoms with Crippen molar-refractivity contribution in [2.75, 3.05) is 17.9 Å². The molecule has 0 aliphatic heterocycles. The second kappa shape index (κ2) is 14.1. The molecule has 1 heterocycles. The van der Waals surface area contributed by atoms with Crippen LogP contribution in [0, 0.1) is 6.92 Å². The predicted octanol–water partition coefficient (Wildman–Crippen LogP) is 0.925. The van der Waals surface area contributed by atoms with Crippen LogP contribution in [0.15, 0.2) is 51.2 Å². The molecule has 1 aromatic carbocycles. The summed E-state index contributed by atoms with van der Waals surface area (Å²) in [6, 6.07) is 6.52. The number of rotatable bonds is 10. The first-order valence-corrected chi connectivity index (χ1v) is 11.9. The van der Waals surface area contributed by atoms with Gasteiger partial charge in [0.05, 0.1) is 6.54 Å². The monoisotopic (exact) mass is 604 g/mol. The smallest absolute Gasteiger partial charge is 0.404 e. The number of nitrogens with two attached hydrogens (primary N) is 2. The third-order valence-electron chi connectivity index (χ3n) is 4.12. The molecular formula is C20H22F6N6O7S. The number of nitrogens with one attached hydrogen (secondary N) is 2. The lowest BCUT2D eigenvalue weighted by molar-refractivity contribution is -0.275. The van der Waals surface area contributed by atoms with Gasteiger partial charge in [-0.05, 0) is 36.3 Å². The molecule has 13 nitrogen and oxygen atoms in total. The summed E-state index contributed by atoms with van der Waals surface area (Å²) in [6.07, 6.45) is -10.8. The molecule has 1 amide bonds. The highest BCUT2D eigenvalue weighted by molar-refractivity contribution is 7.92. The summed E-state index contributed by atoms with van der Waals surface area (Å²) in [6.45, 7) is 0.972. The Bertz CT molecular complexity index is 1370. The van der Waals surface area contributed by atoms with Gasteiger partial charge >= 0.3 is 12.5 Å². The maximum absolute atomic E-state index is 12.8. The lowest BCUT2D eigenvalue weighted by Crippen LogP contribution is -2.36. The molecule has 2 aromatic rings. The maximum atomic E-state index is 12.8. The Morgan fingerprint density at radius 1 is 1.10 bits per heavy atom. The van der Waals surface area contributed by atoms with Crippen LogP contribution >= 0.6 is 0 Å². The number of carbonyl (C=O) groups is 2. The van der Waals surface area contributed by atoms with Crippen LogP contribution in [-0.2, 0) is 31.0 Å². The van der Waals surface area contributed by atoms with E-state index in [1.807, 2.05) is 4.72 Å². The molecule has 0 bridgehead atoms. The minimum atomic E-state index is -5.14. The first-order valence-electron chi connectivity index (χ1n) is 10.4. The molecule has 2 rings (SSSR count). The predicted molar refractivity (Wildman–Crippen MR) is 126 cm³/mol. The molecule has 20 heteroatoms. The molecule has 0 fully saturated rings. The number of aryl methyl sites for hydroxylation is 1. The number of hydrogen-bond donors (Lipinski definition) is 4. The van der Waals surface area contributed by atoms with Gasteiger partial charge in [0.25, 0.3) is 15.6 Å². The van der Waals surface area contributed by atoms with Crippen LogP contribution < -0.4 is 31.8 Å². The fraction of sp³-hybridized carbons (Fsp3) is 0.300. The molecule has 0 spiro atoms. The van der Waals surface area contributed by atoms with Gasteiger partial charge in [0.15, 0.2) is 0 Å². The zero-order valence-electron chi connectivity index (χ0n) is 20.2. The van der Waals surface area contributed by atoms with Gasteiger partial charge in [0, 0.05) is 5.69 Å². The lowest BCUT2D eigenvalue weighted by Gasteiger charge is -2.16. The summed E-state index contributed by atoms with van der Waals surface area (Å²) in [5.41, 5.74) is 9.08. The lowest BCUT2D eigenvalue weighted by atomic mass is 10.3. The molecular weight excluding hydrogens is 582 g/mol. The summed E-state index contributed by atoms with van der Waals surface area (Å²) >= 11 is 0. The minimum absolute atomic E-state index is 0.00568. The second-order valence-corrected chi connectivity index (χ2v) is 8.89. The summed E-state index contributed by atoms with van der Waals surface area (Å²) in [5, 5.41) is 5.71. The summed E-state index contributed by atoms with van der Waals surface area (Å²) in [4.78, 5) is 37.5. The molecule has 0 aliphatic rings. The van der Waals surface area contributed by atoms with Crippen molar-refractivity contribution in [3.8, 4) is 5.75 Å². The van der Waals surface area contributed by atoms with E-state index in [4.69, 9.17) is 21.1 Å². The summed E-state index contributed by atoms with van der Waals surface area (Å²) < 4.78 is 101. The quantitative estimate of drug-likeness (QED) is 0.0761. The Morgan fingerprint density at radius 3 is 2.25 bits per heavy atom. The van der Waals surface area contributed by atoms with Gasteiger partial charge in [-0.2, -0.15) is 13.2 Å².